The molecule has 1 fully saturated rings. The van der Waals surface area contributed by atoms with E-state index in [2.05, 4.69) is 34.8 Å². The Labute approximate surface area is 172 Å². The highest BCUT2D eigenvalue weighted by molar-refractivity contribution is 14.0. The molecule has 1 amide bonds. The predicted molar refractivity (Wildman–Crippen MR) is 118 cm³/mol. The topological polar surface area (TPSA) is 65.5 Å². The van der Waals surface area contributed by atoms with Gasteiger partial charge in [-0.15, -0.1) is 24.0 Å². The quantitative estimate of drug-likeness (QED) is 0.336. The number of halogens is 1. The average molecular weight is 476 g/mol. The molecule has 1 aliphatic heterocycles. The van der Waals surface area contributed by atoms with Crippen LogP contribution >= 0.6 is 35.7 Å². The maximum Gasteiger partial charge on any atom is 0.251 e. The third kappa shape index (κ3) is 7.05. The van der Waals surface area contributed by atoms with Crippen LogP contribution in [0.15, 0.2) is 29.3 Å². The SMILES string of the molecule is CCNC(=NCc1ccc(C(=O)NC)cc1)NCC1(C)CCCS1.I. The molecule has 25 heavy (non-hydrogen) atoms. The summed E-state index contributed by atoms with van der Waals surface area (Å²) < 4.78 is 0.311. The molecule has 1 aliphatic rings. The van der Waals surface area contributed by atoms with Gasteiger partial charge in [-0.25, -0.2) is 4.99 Å². The Hall–Kier alpha value is -0.960. The van der Waals surface area contributed by atoms with E-state index in [1.54, 1.807) is 7.05 Å². The van der Waals surface area contributed by atoms with Crippen molar-refractivity contribution in [2.24, 2.45) is 4.99 Å². The lowest BCUT2D eigenvalue weighted by Gasteiger charge is -2.24. The van der Waals surface area contributed by atoms with Crippen molar-refractivity contribution in [1.82, 2.24) is 16.0 Å². The maximum absolute atomic E-state index is 11.6. The molecule has 0 radical (unpaired) electrons. The van der Waals surface area contributed by atoms with E-state index in [-0.39, 0.29) is 29.9 Å². The molecule has 1 aromatic rings. The van der Waals surface area contributed by atoms with E-state index in [4.69, 9.17) is 0 Å². The summed E-state index contributed by atoms with van der Waals surface area (Å²) in [6.45, 7) is 6.75. The summed E-state index contributed by atoms with van der Waals surface area (Å²) in [6, 6.07) is 7.57. The van der Waals surface area contributed by atoms with Crippen LogP contribution in [0.1, 0.15) is 42.6 Å². The predicted octanol–water partition coefficient (Wildman–Crippen LogP) is 3.01. The van der Waals surface area contributed by atoms with Crippen molar-refractivity contribution in [3.63, 3.8) is 0 Å². The van der Waals surface area contributed by atoms with Gasteiger partial charge in [-0.05, 0) is 50.1 Å². The van der Waals surface area contributed by atoms with Crippen LogP contribution in [-0.4, -0.2) is 42.5 Å². The summed E-state index contributed by atoms with van der Waals surface area (Å²) in [5.74, 6) is 2.03. The van der Waals surface area contributed by atoms with Gasteiger partial charge in [-0.3, -0.25) is 4.79 Å². The minimum absolute atomic E-state index is 0. The average Bonchev–Trinajstić information content (AvgIpc) is 3.04. The molecule has 0 bridgehead atoms. The Balaban J connectivity index is 0.00000312. The van der Waals surface area contributed by atoms with Gasteiger partial charge in [0.15, 0.2) is 5.96 Å². The highest BCUT2D eigenvalue weighted by Crippen LogP contribution is 2.36. The van der Waals surface area contributed by atoms with Crippen LogP contribution in [-0.2, 0) is 6.54 Å². The van der Waals surface area contributed by atoms with Gasteiger partial charge in [-0.2, -0.15) is 11.8 Å². The van der Waals surface area contributed by atoms with Crippen molar-refractivity contribution in [2.45, 2.75) is 38.0 Å². The molecule has 7 heteroatoms. The van der Waals surface area contributed by atoms with Crippen LogP contribution in [0.25, 0.3) is 0 Å². The molecule has 0 spiro atoms. The second-order valence-electron chi connectivity index (χ2n) is 6.23. The summed E-state index contributed by atoms with van der Waals surface area (Å²) in [5.41, 5.74) is 1.75. The van der Waals surface area contributed by atoms with E-state index in [9.17, 15) is 4.79 Å². The minimum Gasteiger partial charge on any atom is -0.357 e. The first kappa shape index (κ1) is 22.1. The van der Waals surface area contributed by atoms with Gasteiger partial charge >= 0.3 is 0 Å². The zero-order chi connectivity index (χ0) is 17.4. The number of hydrogen-bond donors (Lipinski definition) is 3. The summed E-state index contributed by atoms with van der Waals surface area (Å²) in [7, 11) is 1.64. The molecule has 2 rings (SSSR count). The van der Waals surface area contributed by atoms with Crippen molar-refractivity contribution in [1.29, 1.82) is 0 Å². The van der Waals surface area contributed by atoms with Gasteiger partial charge in [0, 0.05) is 30.4 Å². The van der Waals surface area contributed by atoms with Gasteiger partial charge < -0.3 is 16.0 Å². The Morgan fingerprint density at radius 2 is 2.00 bits per heavy atom. The second-order valence-corrected chi connectivity index (χ2v) is 7.91. The molecule has 3 N–H and O–H groups in total. The normalized spacial score (nSPS) is 19.9. The molecular formula is C18H29IN4OS. The summed E-state index contributed by atoms with van der Waals surface area (Å²) in [6.07, 6.45) is 2.55. The number of aliphatic imine (C=N–C) groups is 1. The number of nitrogens with zero attached hydrogens (tertiary/aromatic N) is 1. The van der Waals surface area contributed by atoms with Gasteiger partial charge in [0.25, 0.3) is 5.91 Å². The van der Waals surface area contributed by atoms with Gasteiger partial charge in [-0.1, -0.05) is 12.1 Å². The Kier molecular flexibility index (Phi) is 9.63. The number of guanidine groups is 1. The third-order valence-electron chi connectivity index (χ3n) is 4.14. The van der Waals surface area contributed by atoms with E-state index < -0.39 is 0 Å². The first-order chi connectivity index (χ1) is 11.6. The van der Waals surface area contributed by atoms with Gasteiger partial charge in [0.05, 0.1) is 6.54 Å². The monoisotopic (exact) mass is 476 g/mol. The zero-order valence-electron chi connectivity index (χ0n) is 15.2. The highest BCUT2D eigenvalue weighted by Gasteiger charge is 2.29. The number of carbonyl (C=O) groups is 1. The minimum atomic E-state index is -0.0673. The van der Waals surface area contributed by atoms with E-state index in [0.29, 0.717) is 16.9 Å². The number of nitrogens with one attached hydrogen (secondary N) is 3. The van der Waals surface area contributed by atoms with E-state index in [1.165, 1.54) is 18.6 Å². The maximum atomic E-state index is 11.6. The molecule has 0 saturated carbocycles. The molecule has 1 saturated heterocycles. The molecule has 1 heterocycles. The number of carbonyl (C=O) groups excluding carboxylic acids is 1. The lowest BCUT2D eigenvalue weighted by atomic mass is 10.1. The lowest BCUT2D eigenvalue weighted by Crippen LogP contribution is -2.43. The van der Waals surface area contributed by atoms with Crippen LogP contribution in [0, 0.1) is 0 Å². The number of hydrogen-bond acceptors (Lipinski definition) is 3. The van der Waals surface area contributed by atoms with Crippen LogP contribution in [0.5, 0.6) is 0 Å². The molecule has 1 unspecified atom stereocenters. The van der Waals surface area contributed by atoms with E-state index in [1.807, 2.05) is 36.0 Å². The molecular weight excluding hydrogens is 447 g/mol. The molecule has 1 aromatic carbocycles. The van der Waals surface area contributed by atoms with Crippen molar-refractivity contribution < 1.29 is 4.79 Å². The Bertz CT molecular complexity index is 571. The van der Waals surface area contributed by atoms with Crippen molar-refractivity contribution >= 4 is 47.6 Å². The fourth-order valence-electron chi connectivity index (χ4n) is 2.66. The molecule has 0 aliphatic carbocycles. The second kappa shape index (κ2) is 10.9. The van der Waals surface area contributed by atoms with E-state index >= 15 is 0 Å². The van der Waals surface area contributed by atoms with Crippen LogP contribution < -0.4 is 16.0 Å². The first-order valence-corrected chi connectivity index (χ1v) is 9.52. The standard InChI is InChI=1S/C18H28N4OS.HI/c1-4-20-17(22-13-18(2)10-5-11-24-18)21-12-14-6-8-15(9-7-14)16(23)19-3;/h6-9H,4-5,10-13H2,1-3H3,(H,19,23)(H2,20,21,22);1H. The third-order valence-corrected chi connectivity index (χ3v) is 5.68. The van der Waals surface area contributed by atoms with Crippen LogP contribution in [0.3, 0.4) is 0 Å². The smallest absolute Gasteiger partial charge is 0.251 e. The Morgan fingerprint density at radius 1 is 1.28 bits per heavy atom. The summed E-state index contributed by atoms with van der Waals surface area (Å²) >= 11 is 2.04. The Morgan fingerprint density at radius 3 is 2.56 bits per heavy atom. The van der Waals surface area contributed by atoms with Crippen molar-refractivity contribution in [2.75, 3.05) is 25.9 Å². The van der Waals surface area contributed by atoms with E-state index in [0.717, 1.165) is 24.6 Å². The number of amides is 1. The number of benzene rings is 1. The van der Waals surface area contributed by atoms with Gasteiger partial charge in [0.2, 0.25) is 0 Å². The molecule has 0 aromatic heterocycles. The summed E-state index contributed by atoms with van der Waals surface area (Å²) in [4.78, 5) is 16.2. The zero-order valence-corrected chi connectivity index (χ0v) is 18.4. The molecule has 140 valence electrons. The molecule has 5 nitrogen and oxygen atoms in total. The lowest BCUT2D eigenvalue weighted by molar-refractivity contribution is 0.0963. The first-order valence-electron chi connectivity index (χ1n) is 8.53. The fourth-order valence-corrected chi connectivity index (χ4v) is 3.91. The van der Waals surface area contributed by atoms with Crippen LogP contribution in [0.2, 0.25) is 0 Å². The largest absolute Gasteiger partial charge is 0.357 e. The molecule has 1 atom stereocenters. The fraction of sp³-hybridized carbons (Fsp3) is 0.556. The number of thioether (sulfide) groups is 1. The van der Waals surface area contributed by atoms with Crippen molar-refractivity contribution in [3.8, 4) is 0 Å². The van der Waals surface area contributed by atoms with Crippen molar-refractivity contribution in [3.05, 3.63) is 35.4 Å². The van der Waals surface area contributed by atoms with Crippen LogP contribution in [0.4, 0.5) is 0 Å². The number of rotatable bonds is 6. The summed E-state index contributed by atoms with van der Waals surface area (Å²) in [5, 5.41) is 9.39. The van der Waals surface area contributed by atoms with Gasteiger partial charge in [0.1, 0.15) is 0 Å². The highest BCUT2D eigenvalue weighted by atomic mass is 127.